The number of carbonyl (C=O) groups excluding carboxylic acids is 1. The molecule has 0 saturated carbocycles. The highest BCUT2D eigenvalue weighted by Gasteiger charge is 2.50. The normalized spacial score (nSPS) is 27.0. The van der Waals surface area contributed by atoms with Crippen LogP contribution in [0.1, 0.15) is 16.9 Å². The van der Waals surface area contributed by atoms with Crippen molar-refractivity contribution in [2.75, 3.05) is 46.9 Å². The van der Waals surface area contributed by atoms with E-state index in [2.05, 4.69) is 16.9 Å². The number of halogens is 1. The van der Waals surface area contributed by atoms with E-state index in [0.29, 0.717) is 16.6 Å². The molecule has 1 amide bonds. The van der Waals surface area contributed by atoms with E-state index in [9.17, 15) is 4.79 Å². The van der Waals surface area contributed by atoms with Gasteiger partial charge in [0.25, 0.3) is 5.91 Å². The van der Waals surface area contributed by atoms with Crippen molar-refractivity contribution in [2.24, 2.45) is 11.3 Å². The molecule has 2 aliphatic rings. The summed E-state index contributed by atoms with van der Waals surface area (Å²) in [5.41, 5.74) is 1.36. The highest BCUT2D eigenvalue weighted by atomic mass is 35.5. The van der Waals surface area contributed by atoms with Crippen LogP contribution >= 0.6 is 11.6 Å². The molecule has 2 aromatic heterocycles. The van der Waals surface area contributed by atoms with Gasteiger partial charge in [-0.3, -0.25) is 4.79 Å². The van der Waals surface area contributed by atoms with Crippen LogP contribution in [0.4, 0.5) is 0 Å². The van der Waals surface area contributed by atoms with Gasteiger partial charge in [-0.2, -0.15) is 0 Å². The summed E-state index contributed by atoms with van der Waals surface area (Å²) >= 11 is 6.02. The lowest BCUT2D eigenvalue weighted by molar-refractivity contribution is 0.0711. The van der Waals surface area contributed by atoms with Crippen molar-refractivity contribution >= 4 is 23.2 Å². The van der Waals surface area contributed by atoms with Crippen molar-refractivity contribution in [3.05, 3.63) is 35.2 Å². The van der Waals surface area contributed by atoms with E-state index < -0.39 is 0 Å². The van der Waals surface area contributed by atoms with Crippen LogP contribution in [0.15, 0.2) is 24.5 Å². The summed E-state index contributed by atoms with van der Waals surface area (Å²) in [5, 5.41) is 0.625. The number of fused-ring (bicyclic) bond motifs is 1. The van der Waals surface area contributed by atoms with E-state index in [-0.39, 0.29) is 11.3 Å². The number of nitrogens with zero attached hydrogens (tertiary/aromatic N) is 4. The van der Waals surface area contributed by atoms with Crippen molar-refractivity contribution in [3.8, 4) is 0 Å². The Hall–Kier alpha value is -1.63. The topological polar surface area (TPSA) is 50.1 Å². The number of aromatic nitrogens is 2. The van der Waals surface area contributed by atoms with Crippen molar-refractivity contribution in [1.82, 2.24) is 19.2 Å². The van der Waals surface area contributed by atoms with Gasteiger partial charge >= 0.3 is 0 Å². The number of hydrogen-bond acceptors (Lipinski definition) is 4. The third kappa shape index (κ3) is 2.92. The summed E-state index contributed by atoms with van der Waals surface area (Å²) in [6.45, 7) is 4.36. The first-order valence-corrected chi connectivity index (χ1v) is 8.99. The van der Waals surface area contributed by atoms with Gasteiger partial charge in [-0.25, -0.2) is 4.98 Å². The number of carbonyl (C=O) groups is 1. The molecule has 134 valence electrons. The van der Waals surface area contributed by atoms with E-state index in [1.807, 2.05) is 11.0 Å². The molecule has 2 aromatic rings. The van der Waals surface area contributed by atoms with Crippen molar-refractivity contribution in [1.29, 1.82) is 0 Å². The van der Waals surface area contributed by atoms with Crippen LogP contribution in [0.2, 0.25) is 5.02 Å². The molecule has 0 aliphatic carbocycles. The minimum Gasteiger partial charge on any atom is -0.384 e. The van der Waals surface area contributed by atoms with Gasteiger partial charge < -0.3 is 18.9 Å². The molecule has 4 rings (SSSR count). The number of methoxy groups -OCH3 is 1. The predicted octanol–water partition coefficient (Wildman–Crippen LogP) is 2.03. The van der Waals surface area contributed by atoms with Crippen LogP contribution in [0.5, 0.6) is 0 Å². The maximum absolute atomic E-state index is 13.0. The fraction of sp³-hybridized carbons (Fsp3) is 0.556. The number of rotatable bonds is 3. The summed E-state index contributed by atoms with van der Waals surface area (Å²) in [7, 11) is 3.90. The minimum atomic E-state index is 0.00224. The zero-order chi connectivity index (χ0) is 17.6. The van der Waals surface area contributed by atoms with Crippen LogP contribution < -0.4 is 0 Å². The lowest BCUT2D eigenvalue weighted by Gasteiger charge is -2.29. The third-order valence-corrected chi connectivity index (χ3v) is 5.88. The highest BCUT2D eigenvalue weighted by Crippen LogP contribution is 2.43. The fourth-order valence-corrected chi connectivity index (χ4v) is 4.66. The zero-order valence-corrected chi connectivity index (χ0v) is 15.4. The Bertz CT molecular complexity index is 807. The molecule has 0 bridgehead atoms. The Labute approximate surface area is 152 Å². The van der Waals surface area contributed by atoms with Crippen molar-refractivity contribution < 1.29 is 9.53 Å². The maximum Gasteiger partial charge on any atom is 0.274 e. The molecule has 0 radical (unpaired) electrons. The van der Waals surface area contributed by atoms with E-state index in [0.717, 1.165) is 44.9 Å². The van der Waals surface area contributed by atoms with Crippen LogP contribution in [-0.4, -0.2) is 72.0 Å². The second-order valence-corrected chi connectivity index (χ2v) is 7.86. The highest BCUT2D eigenvalue weighted by molar-refractivity contribution is 6.30. The predicted molar refractivity (Wildman–Crippen MR) is 96.0 cm³/mol. The van der Waals surface area contributed by atoms with Gasteiger partial charge in [0.15, 0.2) is 0 Å². The summed E-state index contributed by atoms with van der Waals surface area (Å²) < 4.78 is 7.24. The number of hydrogen-bond donors (Lipinski definition) is 0. The lowest BCUT2D eigenvalue weighted by Crippen LogP contribution is -2.38. The molecule has 0 aromatic carbocycles. The second-order valence-electron chi connectivity index (χ2n) is 7.43. The molecule has 6 nitrogen and oxygen atoms in total. The SMILES string of the molecule is COC[C@@H]1CN(C)C[C@@]12CCN(C(=O)c1cn3cc(Cl)ccc3n1)C2. The molecule has 7 heteroatoms. The minimum absolute atomic E-state index is 0.00224. The zero-order valence-electron chi connectivity index (χ0n) is 14.6. The Morgan fingerprint density at radius 2 is 2.24 bits per heavy atom. The molecule has 25 heavy (non-hydrogen) atoms. The van der Waals surface area contributed by atoms with Gasteiger partial charge in [0.2, 0.25) is 0 Å². The number of amides is 1. The van der Waals surface area contributed by atoms with E-state index in [1.54, 1.807) is 30.0 Å². The van der Waals surface area contributed by atoms with Crippen LogP contribution in [0.3, 0.4) is 0 Å². The fourth-order valence-electron chi connectivity index (χ4n) is 4.49. The quantitative estimate of drug-likeness (QED) is 0.838. The first kappa shape index (κ1) is 16.8. The molecule has 2 aliphatic heterocycles. The van der Waals surface area contributed by atoms with Crippen molar-refractivity contribution in [2.45, 2.75) is 6.42 Å². The van der Waals surface area contributed by atoms with Crippen molar-refractivity contribution in [3.63, 3.8) is 0 Å². The molecule has 2 atom stereocenters. The Balaban J connectivity index is 1.55. The standard InChI is InChI=1S/C18H23ClN4O2/c1-21-7-13(10-25-2)18(11-21)5-6-22(12-18)17(24)15-9-23-8-14(19)3-4-16(23)20-15/h3-4,8-9,13H,5-7,10-12H2,1-2H3/t13-,18+/m0/s1. The van der Waals surface area contributed by atoms with Crippen LogP contribution in [-0.2, 0) is 4.74 Å². The molecule has 2 saturated heterocycles. The van der Waals surface area contributed by atoms with Gasteiger partial charge in [-0.05, 0) is 25.6 Å². The summed E-state index contributed by atoms with van der Waals surface area (Å²) in [4.78, 5) is 21.7. The Morgan fingerprint density at radius 1 is 1.40 bits per heavy atom. The molecule has 0 unspecified atom stereocenters. The Morgan fingerprint density at radius 3 is 3.04 bits per heavy atom. The monoisotopic (exact) mass is 362 g/mol. The summed E-state index contributed by atoms with van der Waals surface area (Å²) in [6.07, 6.45) is 4.56. The maximum atomic E-state index is 13.0. The molecular formula is C18H23ClN4O2. The number of ether oxygens (including phenoxy) is 1. The van der Waals surface area contributed by atoms with Gasteiger partial charge in [-0.1, -0.05) is 11.6 Å². The van der Waals surface area contributed by atoms with E-state index in [1.165, 1.54) is 0 Å². The van der Waals surface area contributed by atoms with Crippen LogP contribution in [0.25, 0.3) is 5.65 Å². The van der Waals surface area contributed by atoms with E-state index in [4.69, 9.17) is 16.3 Å². The molecule has 2 fully saturated rings. The van der Waals surface area contributed by atoms with Gasteiger partial charge in [0, 0.05) is 57.0 Å². The average molecular weight is 363 g/mol. The Kier molecular flexibility index (Phi) is 4.22. The smallest absolute Gasteiger partial charge is 0.274 e. The molecule has 4 heterocycles. The van der Waals surface area contributed by atoms with Crippen LogP contribution in [0, 0.1) is 11.3 Å². The molecular weight excluding hydrogens is 340 g/mol. The number of likely N-dealkylation sites (tertiary alicyclic amines) is 2. The number of pyridine rings is 1. The first-order chi connectivity index (χ1) is 12.0. The largest absolute Gasteiger partial charge is 0.384 e. The van der Waals surface area contributed by atoms with Gasteiger partial charge in [0.05, 0.1) is 11.6 Å². The summed E-state index contributed by atoms with van der Waals surface area (Å²) in [5.74, 6) is 0.475. The van der Waals surface area contributed by atoms with Gasteiger partial charge in [0.1, 0.15) is 11.3 Å². The third-order valence-electron chi connectivity index (χ3n) is 5.66. The average Bonchev–Trinajstić information content (AvgIpc) is 3.25. The molecule has 1 spiro atoms. The summed E-state index contributed by atoms with van der Waals surface area (Å²) in [6, 6.07) is 3.61. The lowest BCUT2D eigenvalue weighted by atomic mass is 9.78. The number of imidazole rings is 1. The molecule has 0 N–H and O–H groups in total. The first-order valence-electron chi connectivity index (χ1n) is 8.62. The second kappa shape index (κ2) is 6.27. The van der Waals surface area contributed by atoms with E-state index >= 15 is 0 Å². The van der Waals surface area contributed by atoms with Gasteiger partial charge in [-0.15, -0.1) is 0 Å².